The predicted molar refractivity (Wildman–Crippen MR) is 102 cm³/mol. The van der Waals surface area contributed by atoms with Gasteiger partial charge in [0.2, 0.25) is 0 Å². The third kappa shape index (κ3) is 3.64. The van der Waals surface area contributed by atoms with Crippen LogP contribution in [0.2, 0.25) is 0 Å². The summed E-state index contributed by atoms with van der Waals surface area (Å²) in [5.41, 5.74) is 0.912. The maximum atomic E-state index is 11.6. The first-order valence-corrected chi connectivity index (χ1v) is 9.16. The topological polar surface area (TPSA) is 75.1 Å². The van der Waals surface area contributed by atoms with E-state index in [9.17, 15) is 9.90 Å². The molecule has 1 unspecified atom stereocenters. The molecule has 3 rings (SSSR count). The van der Waals surface area contributed by atoms with Crippen LogP contribution in [-0.2, 0) is 11.2 Å². The van der Waals surface area contributed by atoms with Crippen LogP contribution < -0.4 is 5.32 Å². The van der Waals surface area contributed by atoms with Crippen molar-refractivity contribution in [2.75, 3.05) is 5.32 Å². The number of rotatable bonds is 6. The number of fused-ring (bicyclic) bond motifs is 1. The van der Waals surface area contributed by atoms with Gasteiger partial charge in [0.1, 0.15) is 16.7 Å². The smallest absolute Gasteiger partial charge is 0.326 e. The minimum absolute atomic E-state index is 0.0630. The fourth-order valence-corrected chi connectivity index (χ4v) is 3.60. The molecule has 2 aromatic heterocycles. The van der Waals surface area contributed by atoms with Gasteiger partial charge in [-0.3, -0.25) is 0 Å². The van der Waals surface area contributed by atoms with E-state index >= 15 is 0 Å². The predicted octanol–water partition coefficient (Wildman–Crippen LogP) is 4.44. The van der Waals surface area contributed by atoms with Gasteiger partial charge in [0.15, 0.2) is 5.82 Å². The van der Waals surface area contributed by atoms with E-state index < -0.39 is 12.0 Å². The number of carbonyl (C=O) groups is 1. The summed E-state index contributed by atoms with van der Waals surface area (Å²) in [6.07, 6.45) is 0.910. The highest BCUT2D eigenvalue weighted by atomic mass is 32.1. The zero-order chi connectivity index (χ0) is 18.0. The quantitative estimate of drug-likeness (QED) is 0.683. The lowest BCUT2D eigenvalue weighted by Gasteiger charge is -2.19. The second kappa shape index (κ2) is 7.19. The molecule has 1 atom stereocenters. The number of hydrogen-bond acceptors (Lipinski definition) is 5. The fraction of sp³-hybridized carbons (Fsp3) is 0.316. The Morgan fingerprint density at radius 1 is 1.24 bits per heavy atom. The van der Waals surface area contributed by atoms with Crippen LogP contribution in [0.1, 0.15) is 25.6 Å². The molecular weight excluding hydrogens is 334 g/mol. The van der Waals surface area contributed by atoms with Gasteiger partial charge in [-0.25, -0.2) is 14.8 Å². The number of thiophene rings is 1. The van der Waals surface area contributed by atoms with Gasteiger partial charge in [0.25, 0.3) is 0 Å². The van der Waals surface area contributed by atoms with Gasteiger partial charge in [-0.2, -0.15) is 0 Å². The van der Waals surface area contributed by atoms with Crippen molar-refractivity contribution in [2.45, 2.75) is 33.2 Å². The summed E-state index contributed by atoms with van der Waals surface area (Å²) in [6, 6.07) is 11.1. The summed E-state index contributed by atoms with van der Waals surface area (Å²) >= 11 is 1.63. The van der Waals surface area contributed by atoms with E-state index in [1.807, 2.05) is 44.2 Å². The zero-order valence-corrected chi connectivity index (χ0v) is 15.3. The summed E-state index contributed by atoms with van der Waals surface area (Å²) in [5, 5.41) is 13.5. The molecule has 0 fully saturated rings. The molecule has 0 aliphatic rings. The molecule has 25 heavy (non-hydrogen) atoms. The van der Waals surface area contributed by atoms with Crippen LogP contribution in [0.5, 0.6) is 0 Å². The summed E-state index contributed by atoms with van der Waals surface area (Å²) in [7, 11) is 0. The highest BCUT2D eigenvalue weighted by Gasteiger charge is 2.23. The molecule has 0 bridgehead atoms. The lowest BCUT2D eigenvalue weighted by molar-refractivity contribution is -0.138. The number of aryl methyl sites for hydroxylation is 1. The first-order valence-electron chi connectivity index (χ1n) is 8.34. The van der Waals surface area contributed by atoms with Gasteiger partial charge in [-0.1, -0.05) is 51.1 Å². The van der Waals surface area contributed by atoms with Crippen molar-refractivity contribution in [3.8, 4) is 11.4 Å². The molecule has 0 saturated carbocycles. The van der Waals surface area contributed by atoms with Crippen LogP contribution in [0.25, 0.3) is 21.6 Å². The second-order valence-corrected chi connectivity index (χ2v) is 7.37. The van der Waals surface area contributed by atoms with E-state index in [-0.39, 0.29) is 5.92 Å². The van der Waals surface area contributed by atoms with E-state index in [1.165, 1.54) is 4.88 Å². The number of nitrogens with one attached hydrogen (secondary N) is 1. The van der Waals surface area contributed by atoms with Gasteiger partial charge in [-0.15, -0.1) is 11.3 Å². The van der Waals surface area contributed by atoms with Gasteiger partial charge >= 0.3 is 5.97 Å². The van der Waals surface area contributed by atoms with Gasteiger partial charge < -0.3 is 10.4 Å². The highest BCUT2D eigenvalue weighted by Crippen LogP contribution is 2.32. The van der Waals surface area contributed by atoms with Crippen molar-refractivity contribution in [3.63, 3.8) is 0 Å². The first-order chi connectivity index (χ1) is 12.0. The van der Waals surface area contributed by atoms with Crippen molar-refractivity contribution < 1.29 is 9.90 Å². The minimum atomic E-state index is -0.881. The van der Waals surface area contributed by atoms with Crippen molar-refractivity contribution >= 4 is 33.3 Å². The normalized spacial score (nSPS) is 12.5. The number of benzene rings is 1. The lowest BCUT2D eigenvalue weighted by atomic mass is 10.0. The number of aliphatic carboxylic acids is 1. The van der Waals surface area contributed by atoms with Crippen LogP contribution in [-0.4, -0.2) is 27.1 Å². The van der Waals surface area contributed by atoms with E-state index in [0.29, 0.717) is 11.6 Å². The molecule has 0 aliphatic heterocycles. The Kier molecular flexibility index (Phi) is 4.99. The second-order valence-electron chi connectivity index (χ2n) is 6.25. The first kappa shape index (κ1) is 17.4. The van der Waals surface area contributed by atoms with Crippen LogP contribution in [0.15, 0.2) is 36.4 Å². The van der Waals surface area contributed by atoms with Crippen LogP contribution >= 0.6 is 11.3 Å². The van der Waals surface area contributed by atoms with Crippen LogP contribution in [0.4, 0.5) is 5.82 Å². The average Bonchev–Trinajstić information content (AvgIpc) is 3.03. The van der Waals surface area contributed by atoms with Gasteiger partial charge in [0.05, 0.1) is 5.39 Å². The number of carboxylic acid groups (broad SMARTS) is 1. The summed E-state index contributed by atoms with van der Waals surface area (Å²) in [4.78, 5) is 23.0. The molecule has 5 nitrogen and oxygen atoms in total. The van der Waals surface area contributed by atoms with Crippen molar-refractivity contribution in [2.24, 2.45) is 5.92 Å². The van der Waals surface area contributed by atoms with Crippen molar-refractivity contribution in [1.82, 2.24) is 9.97 Å². The molecule has 0 spiro atoms. The third-order valence-electron chi connectivity index (χ3n) is 4.05. The van der Waals surface area contributed by atoms with E-state index in [2.05, 4.69) is 23.3 Å². The van der Waals surface area contributed by atoms with E-state index in [4.69, 9.17) is 4.98 Å². The number of aromatic nitrogens is 2. The lowest BCUT2D eigenvalue weighted by Crippen LogP contribution is -2.34. The Morgan fingerprint density at radius 3 is 2.56 bits per heavy atom. The van der Waals surface area contributed by atoms with E-state index in [1.54, 1.807) is 11.3 Å². The Bertz CT molecular complexity index is 890. The van der Waals surface area contributed by atoms with Crippen LogP contribution in [0.3, 0.4) is 0 Å². The van der Waals surface area contributed by atoms with Crippen molar-refractivity contribution in [3.05, 3.63) is 41.3 Å². The number of carboxylic acids is 1. The highest BCUT2D eigenvalue weighted by molar-refractivity contribution is 7.18. The Balaban J connectivity index is 2.14. The number of anilines is 1. The molecule has 3 aromatic rings. The maximum absolute atomic E-state index is 11.6. The largest absolute Gasteiger partial charge is 0.480 e. The Morgan fingerprint density at radius 2 is 1.96 bits per heavy atom. The van der Waals surface area contributed by atoms with Crippen molar-refractivity contribution in [1.29, 1.82) is 0 Å². The minimum Gasteiger partial charge on any atom is -0.480 e. The van der Waals surface area contributed by atoms with Gasteiger partial charge in [-0.05, 0) is 18.4 Å². The summed E-state index contributed by atoms with van der Waals surface area (Å²) in [6.45, 7) is 5.86. The third-order valence-corrected chi connectivity index (χ3v) is 5.22. The fourth-order valence-electron chi connectivity index (χ4n) is 2.63. The molecule has 2 heterocycles. The Labute approximate surface area is 150 Å². The molecule has 2 N–H and O–H groups in total. The number of hydrogen-bond donors (Lipinski definition) is 2. The standard InChI is InChI=1S/C19H21N3O2S/c1-4-13-10-14-17(20-15(11(2)3)19(23)24)21-16(22-18(14)25-13)12-8-6-5-7-9-12/h5-11,15H,4H2,1-3H3,(H,23,24)(H,20,21,22). The SMILES string of the molecule is CCc1cc2c(NC(C(=O)O)C(C)C)nc(-c3ccccc3)nc2s1. The van der Waals surface area contributed by atoms with Crippen LogP contribution in [0, 0.1) is 5.92 Å². The molecule has 6 heteroatoms. The monoisotopic (exact) mass is 355 g/mol. The number of nitrogens with zero attached hydrogens (tertiary/aromatic N) is 2. The average molecular weight is 355 g/mol. The molecule has 0 aliphatic carbocycles. The maximum Gasteiger partial charge on any atom is 0.326 e. The molecule has 0 amide bonds. The molecule has 0 radical (unpaired) electrons. The molecule has 1 aromatic carbocycles. The zero-order valence-electron chi connectivity index (χ0n) is 14.5. The summed E-state index contributed by atoms with van der Waals surface area (Å²) < 4.78 is 0. The van der Waals surface area contributed by atoms with E-state index in [0.717, 1.165) is 22.2 Å². The Hall–Kier alpha value is -2.47. The molecule has 0 saturated heterocycles. The molecular formula is C19H21N3O2S. The summed E-state index contributed by atoms with van der Waals surface area (Å²) in [5.74, 6) is 0.245. The molecule has 130 valence electrons. The van der Waals surface area contributed by atoms with Gasteiger partial charge in [0, 0.05) is 10.4 Å².